The molecule has 5 rings (SSSR count). The van der Waals surface area contributed by atoms with Crippen molar-refractivity contribution in [1.82, 2.24) is 20.1 Å². The molecule has 0 spiro atoms. The average molecular weight is 398 g/mol. The molecule has 0 aliphatic carbocycles. The highest BCUT2D eigenvalue weighted by Gasteiger charge is 2.35. The van der Waals surface area contributed by atoms with Gasteiger partial charge in [0, 0.05) is 30.1 Å². The molecule has 0 saturated heterocycles. The summed E-state index contributed by atoms with van der Waals surface area (Å²) in [6.07, 6.45) is 0.765. The first-order valence-electron chi connectivity index (χ1n) is 10.1. The zero-order valence-electron chi connectivity index (χ0n) is 16.9. The summed E-state index contributed by atoms with van der Waals surface area (Å²) in [7, 11) is 0. The molecule has 150 valence electrons. The van der Waals surface area contributed by atoms with Crippen LogP contribution in [0.25, 0.3) is 10.9 Å². The smallest absolute Gasteiger partial charge is 0.272 e. The number of rotatable bonds is 3. The van der Waals surface area contributed by atoms with Crippen molar-refractivity contribution in [3.8, 4) is 0 Å². The predicted octanol–water partition coefficient (Wildman–Crippen LogP) is 4.19. The van der Waals surface area contributed by atoms with Crippen molar-refractivity contribution in [2.45, 2.75) is 26.3 Å². The molecule has 1 atom stereocenters. The number of aromatic amines is 2. The van der Waals surface area contributed by atoms with E-state index < -0.39 is 0 Å². The van der Waals surface area contributed by atoms with Crippen molar-refractivity contribution in [2.24, 2.45) is 0 Å². The number of ketones is 1. The van der Waals surface area contributed by atoms with Crippen LogP contribution >= 0.6 is 0 Å². The first-order chi connectivity index (χ1) is 14.5. The number of carbonyl (C=O) groups excluding carboxylic acids is 2. The molecule has 1 aliphatic heterocycles. The van der Waals surface area contributed by atoms with Gasteiger partial charge in [-0.25, -0.2) is 0 Å². The normalized spacial score (nSPS) is 15.9. The first kappa shape index (κ1) is 18.4. The molecule has 0 fully saturated rings. The van der Waals surface area contributed by atoms with E-state index in [4.69, 9.17) is 0 Å². The molecule has 1 aliphatic rings. The van der Waals surface area contributed by atoms with Gasteiger partial charge in [-0.2, -0.15) is 5.10 Å². The van der Waals surface area contributed by atoms with Gasteiger partial charge in [-0.05, 0) is 36.6 Å². The lowest BCUT2D eigenvalue weighted by molar-refractivity contribution is 0.0685. The fourth-order valence-corrected chi connectivity index (χ4v) is 4.41. The molecule has 2 aromatic carbocycles. The van der Waals surface area contributed by atoms with E-state index in [-0.39, 0.29) is 23.4 Å². The quantitative estimate of drug-likeness (QED) is 0.508. The third kappa shape index (κ3) is 2.92. The minimum Gasteiger partial charge on any atom is -0.356 e. The Morgan fingerprint density at radius 1 is 1.10 bits per heavy atom. The second-order valence-corrected chi connectivity index (χ2v) is 7.85. The lowest BCUT2D eigenvalue weighted by Crippen LogP contribution is -2.40. The van der Waals surface area contributed by atoms with Crippen LogP contribution in [0.1, 0.15) is 56.3 Å². The molecule has 0 radical (unpaired) electrons. The summed E-state index contributed by atoms with van der Waals surface area (Å²) < 4.78 is 0. The maximum Gasteiger partial charge on any atom is 0.272 e. The summed E-state index contributed by atoms with van der Waals surface area (Å²) in [5.74, 6) is -0.331. The van der Waals surface area contributed by atoms with E-state index in [1.54, 1.807) is 6.07 Å². The highest BCUT2D eigenvalue weighted by molar-refractivity contribution is 5.98. The number of aromatic nitrogens is 3. The van der Waals surface area contributed by atoms with Gasteiger partial charge in [0.05, 0.1) is 6.04 Å². The number of hydrogen-bond donors (Lipinski definition) is 2. The Labute approximate surface area is 173 Å². The third-order valence-corrected chi connectivity index (χ3v) is 5.82. The van der Waals surface area contributed by atoms with E-state index >= 15 is 0 Å². The van der Waals surface area contributed by atoms with Gasteiger partial charge in [0.2, 0.25) is 0 Å². The number of carbonyl (C=O) groups is 2. The number of hydrogen-bond acceptors (Lipinski definition) is 3. The maximum absolute atomic E-state index is 13.5. The Balaban J connectivity index is 1.64. The molecule has 3 heterocycles. The number of nitrogens with one attached hydrogen (secondary N) is 2. The van der Waals surface area contributed by atoms with Gasteiger partial charge in [-0.15, -0.1) is 0 Å². The minimum atomic E-state index is -0.238. The van der Waals surface area contributed by atoms with Crippen molar-refractivity contribution in [2.75, 3.05) is 6.54 Å². The molecular formula is C24H22N4O2. The molecule has 1 amide bonds. The van der Waals surface area contributed by atoms with Crippen molar-refractivity contribution in [1.29, 1.82) is 0 Å². The van der Waals surface area contributed by atoms with Gasteiger partial charge in [-0.1, -0.05) is 48.0 Å². The topological polar surface area (TPSA) is 81.9 Å². The molecule has 0 saturated carbocycles. The second-order valence-electron chi connectivity index (χ2n) is 7.85. The molecule has 4 aromatic rings. The number of nitrogens with zero attached hydrogens (tertiary/aromatic N) is 2. The molecule has 2 N–H and O–H groups in total. The molecule has 0 bridgehead atoms. The zero-order valence-corrected chi connectivity index (χ0v) is 16.9. The largest absolute Gasteiger partial charge is 0.356 e. The van der Waals surface area contributed by atoms with Crippen LogP contribution in [0.3, 0.4) is 0 Å². The van der Waals surface area contributed by atoms with Crippen LogP contribution in [-0.2, 0) is 6.42 Å². The van der Waals surface area contributed by atoms with Gasteiger partial charge < -0.3 is 9.88 Å². The van der Waals surface area contributed by atoms with Crippen molar-refractivity contribution in [3.63, 3.8) is 0 Å². The Bertz CT molecular complexity index is 1280. The Morgan fingerprint density at radius 3 is 2.70 bits per heavy atom. The predicted molar refractivity (Wildman–Crippen MR) is 115 cm³/mol. The Hall–Kier alpha value is -3.67. The number of para-hydroxylation sites is 1. The van der Waals surface area contributed by atoms with E-state index in [1.807, 2.05) is 23.1 Å². The number of amides is 1. The van der Waals surface area contributed by atoms with Crippen molar-refractivity contribution < 1.29 is 9.59 Å². The van der Waals surface area contributed by atoms with Gasteiger partial charge >= 0.3 is 0 Å². The number of aryl methyl sites for hydroxylation is 1. The molecule has 0 unspecified atom stereocenters. The Morgan fingerprint density at radius 2 is 1.93 bits per heavy atom. The second kappa shape index (κ2) is 6.99. The fourth-order valence-electron chi connectivity index (χ4n) is 4.41. The third-order valence-electron chi connectivity index (χ3n) is 5.82. The van der Waals surface area contributed by atoms with Gasteiger partial charge in [0.15, 0.2) is 5.78 Å². The van der Waals surface area contributed by atoms with Crippen LogP contribution in [-0.4, -0.2) is 38.3 Å². The molecule has 6 heteroatoms. The summed E-state index contributed by atoms with van der Waals surface area (Å²) in [4.78, 5) is 30.5. The summed E-state index contributed by atoms with van der Waals surface area (Å²) in [6, 6.07) is 17.8. The number of Topliss-reactive ketones (excluding diaryl/α,β-unsaturated/α-hetero) is 1. The summed E-state index contributed by atoms with van der Waals surface area (Å²) in [5, 5.41) is 7.94. The Kier molecular flexibility index (Phi) is 4.28. The van der Waals surface area contributed by atoms with E-state index in [0.29, 0.717) is 12.2 Å². The van der Waals surface area contributed by atoms with Crippen LogP contribution in [0.15, 0.2) is 54.6 Å². The number of benzene rings is 2. The summed E-state index contributed by atoms with van der Waals surface area (Å²) >= 11 is 0. The highest BCUT2D eigenvalue weighted by atomic mass is 16.2. The monoisotopic (exact) mass is 398 g/mol. The SMILES string of the molecule is CC(=O)c1cc(C(=O)N2CCc3c([nH]c4ccccc34)[C@@H]2c2cccc(C)c2)[nH]n1. The van der Waals surface area contributed by atoms with Crippen LogP contribution in [0, 0.1) is 6.92 Å². The van der Waals surface area contributed by atoms with E-state index in [1.165, 1.54) is 17.9 Å². The molecule has 2 aromatic heterocycles. The molecular weight excluding hydrogens is 376 g/mol. The van der Waals surface area contributed by atoms with Crippen LogP contribution < -0.4 is 0 Å². The molecule has 30 heavy (non-hydrogen) atoms. The molecule has 6 nitrogen and oxygen atoms in total. The van der Waals surface area contributed by atoms with E-state index in [0.717, 1.165) is 28.8 Å². The van der Waals surface area contributed by atoms with Gasteiger partial charge in [0.1, 0.15) is 11.4 Å². The number of H-pyrrole nitrogens is 2. The highest BCUT2D eigenvalue weighted by Crippen LogP contribution is 2.39. The zero-order chi connectivity index (χ0) is 20.8. The summed E-state index contributed by atoms with van der Waals surface area (Å²) in [6.45, 7) is 4.08. The summed E-state index contributed by atoms with van der Waals surface area (Å²) in [5.41, 5.74) is 6.19. The fraction of sp³-hybridized carbons (Fsp3) is 0.208. The van der Waals surface area contributed by atoms with Crippen molar-refractivity contribution in [3.05, 3.63) is 88.4 Å². The van der Waals surface area contributed by atoms with Crippen LogP contribution in [0.2, 0.25) is 0 Å². The standard InChI is InChI=1S/C24H22N4O2/c1-14-6-5-7-16(12-14)23-22-18(17-8-3-4-9-19(17)25-22)10-11-28(23)24(30)21-13-20(15(2)29)26-27-21/h3-9,12-13,23,25H,10-11H2,1-2H3,(H,26,27)/t23-/m0/s1. The maximum atomic E-state index is 13.5. The van der Waals surface area contributed by atoms with Gasteiger partial charge in [0.25, 0.3) is 5.91 Å². The first-order valence-corrected chi connectivity index (χ1v) is 10.1. The van der Waals surface area contributed by atoms with Crippen molar-refractivity contribution >= 4 is 22.6 Å². The average Bonchev–Trinajstić information content (AvgIpc) is 3.37. The lowest BCUT2D eigenvalue weighted by atomic mass is 9.91. The van der Waals surface area contributed by atoms with Crippen LogP contribution in [0.4, 0.5) is 0 Å². The van der Waals surface area contributed by atoms with E-state index in [9.17, 15) is 9.59 Å². The van der Waals surface area contributed by atoms with E-state index in [2.05, 4.69) is 52.4 Å². The van der Waals surface area contributed by atoms with Crippen LogP contribution in [0.5, 0.6) is 0 Å². The minimum absolute atomic E-state index is 0.161. The number of fused-ring (bicyclic) bond motifs is 3. The lowest BCUT2D eigenvalue weighted by Gasteiger charge is -2.36. The van der Waals surface area contributed by atoms with Gasteiger partial charge in [-0.3, -0.25) is 14.7 Å².